The molecule has 1 aliphatic rings. The number of nitrogens with one attached hydrogen (secondary N) is 2. The zero-order chi connectivity index (χ0) is 11.5. The van der Waals surface area contributed by atoms with Gasteiger partial charge in [0.25, 0.3) is 0 Å². The fourth-order valence-electron chi connectivity index (χ4n) is 1.78. The van der Waals surface area contributed by atoms with Gasteiger partial charge < -0.3 is 5.32 Å². The van der Waals surface area contributed by atoms with Crippen LogP contribution >= 0.6 is 0 Å². The van der Waals surface area contributed by atoms with E-state index in [1.165, 1.54) is 0 Å². The summed E-state index contributed by atoms with van der Waals surface area (Å²) >= 11 is 0. The van der Waals surface area contributed by atoms with Gasteiger partial charge in [0.05, 0.1) is 5.75 Å². The molecule has 0 aromatic rings. The molecule has 2 N–H and O–H groups in total. The minimum atomic E-state index is -3.11. The second-order valence-electron chi connectivity index (χ2n) is 4.87. The van der Waals surface area contributed by atoms with Crippen molar-refractivity contribution in [2.45, 2.75) is 38.6 Å². The van der Waals surface area contributed by atoms with Crippen LogP contribution in [0.5, 0.6) is 0 Å². The van der Waals surface area contributed by atoms with Gasteiger partial charge in [0.2, 0.25) is 10.0 Å². The summed E-state index contributed by atoms with van der Waals surface area (Å²) in [5.41, 5.74) is -0.265. The largest absolute Gasteiger partial charge is 0.320 e. The molecule has 15 heavy (non-hydrogen) atoms. The molecule has 1 saturated carbocycles. The Morgan fingerprint density at radius 2 is 1.93 bits per heavy atom. The van der Waals surface area contributed by atoms with E-state index >= 15 is 0 Å². The third kappa shape index (κ3) is 4.49. The SMILES string of the molecule is CNCCCS(=O)(=O)NC(C)(C)C1CC1. The van der Waals surface area contributed by atoms with Crippen LogP contribution in [0.2, 0.25) is 0 Å². The number of sulfonamides is 1. The molecule has 0 aromatic heterocycles. The summed E-state index contributed by atoms with van der Waals surface area (Å²) in [4.78, 5) is 0. The molecule has 1 fully saturated rings. The normalized spacial score (nSPS) is 18.1. The summed E-state index contributed by atoms with van der Waals surface area (Å²) in [7, 11) is -1.28. The van der Waals surface area contributed by atoms with Crippen molar-refractivity contribution in [3.63, 3.8) is 0 Å². The summed E-state index contributed by atoms with van der Waals surface area (Å²) < 4.78 is 26.2. The van der Waals surface area contributed by atoms with E-state index in [1.54, 1.807) is 0 Å². The summed E-state index contributed by atoms with van der Waals surface area (Å²) in [6, 6.07) is 0. The van der Waals surface area contributed by atoms with Gasteiger partial charge in [0.15, 0.2) is 0 Å². The number of hydrogen-bond acceptors (Lipinski definition) is 3. The minimum Gasteiger partial charge on any atom is -0.320 e. The van der Waals surface area contributed by atoms with Crippen LogP contribution in [0.4, 0.5) is 0 Å². The highest BCUT2D eigenvalue weighted by Crippen LogP contribution is 2.39. The van der Waals surface area contributed by atoms with Gasteiger partial charge in [-0.3, -0.25) is 0 Å². The molecule has 1 rings (SSSR count). The van der Waals surface area contributed by atoms with E-state index in [0.717, 1.165) is 19.4 Å². The van der Waals surface area contributed by atoms with Gasteiger partial charge in [0.1, 0.15) is 0 Å². The Hall–Kier alpha value is -0.130. The molecule has 0 heterocycles. The highest BCUT2D eigenvalue weighted by Gasteiger charge is 2.40. The van der Waals surface area contributed by atoms with E-state index in [1.807, 2.05) is 20.9 Å². The van der Waals surface area contributed by atoms with Crippen molar-refractivity contribution in [2.75, 3.05) is 19.3 Å². The molecule has 4 nitrogen and oxygen atoms in total. The fraction of sp³-hybridized carbons (Fsp3) is 1.00. The van der Waals surface area contributed by atoms with Gasteiger partial charge in [0, 0.05) is 5.54 Å². The van der Waals surface area contributed by atoms with Crippen molar-refractivity contribution in [1.29, 1.82) is 0 Å². The van der Waals surface area contributed by atoms with Gasteiger partial charge in [-0.15, -0.1) is 0 Å². The lowest BCUT2D eigenvalue weighted by Gasteiger charge is -2.25. The predicted molar refractivity (Wildman–Crippen MR) is 62.3 cm³/mol. The van der Waals surface area contributed by atoms with Gasteiger partial charge >= 0.3 is 0 Å². The lowest BCUT2D eigenvalue weighted by Crippen LogP contribution is -2.46. The zero-order valence-corrected chi connectivity index (χ0v) is 10.7. The summed E-state index contributed by atoms with van der Waals surface area (Å²) in [5, 5.41) is 2.95. The van der Waals surface area contributed by atoms with Crippen LogP contribution in [0, 0.1) is 5.92 Å². The molecule has 0 radical (unpaired) electrons. The van der Waals surface area contributed by atoms with Gasteiger partial charge in [-0.2, -0.15) is 0 Å². The molecule has 0 atom stereocenters. The van der Waals surface area contributed by atoms with E-state index in [9.17, 15) is 8.42 Å². The molecule has 0 aliphatic heterocycles. The highest BCUT2D eigenvalue weighted by molar-refractivity contribution is 7.89. The molecule has 0 unspecified atom stereocenters. The Balaban J connectivity index is 2.41. The molecular weight excluding hydrogens is 212 g/mol. The monoisotopic (exact) mass is 234 g/mol. The van der Waals surface area contributed by atoms with Crippen LogP contribution in [-0.2, 0) is 10.0 Å². The Morgan fingerprint density at radius 3 is 2.40 bits per heavy atom. The Labute approximate surface area is 92.9 Å². The van der Waals surface area contributed by atoms with E-state index in [-0.39, 0.29) is 11.3 Å². The molecule has 0 aromatic carbocycles. The first-order chi connectivity index (χ1) is 6.87. The first-order valence-corrected chi connectivity index (χ1v) is 7.19. The van der Waals surface area contributed by atoms with E-state index < -0.39 is 10.0 Å². The topological polar surface area (TPSA) is 58.2 Å². The molecule has 0 spiro atoms. The second kappa shape index (κ2) is 4.80. The molecule has 1 aliphatic carbocycles. The lowest BCUT2D eigenvalue weighted by molar-refractivity contribution is 0.400. The predicted octanol–water partition coefficient (Wildman–Crippen LogP) is 0.704. The molecule has 5 heteroatoms. The van der Waals surface area contributed by atoms with Gasteiger partial charge in [-0.05, 0) is 52.6 Å². The van der Waals surface area contributed by atoms with Crippen LogP contribution in [-0.4, -0.2) is 33.3 Å². The number of hydrogen-bond donors (Lipinski definition) is 2. The van der Waals surface area contributed by atoms with Crippen molar-refractivity contribution in [2.24, 2.45) is 5.92 Å². The quantitative estimate of drug-likeness (QED) is 0.638. The number of rotatable bonds is 7. The summed E-state index contributed by atoms with van der Waals surface area (Å²) in [6.07, 6.45) is 2.95. The summed E-state index contributed by atoms with van der Waals surface area (Å²) in [6.45, 7) is 4.69. The Kier molecular flexibility index (Phi) is 4.14. The highest BCUT2D eigenvalue weighted by atomic mass is 32.2. The zero-order valence-electron chi connectivity index (χ0n) is 9.84. The fourth-order valence-corrected chi connectivity index (χ4v) is 3.37. The van der Waals surface area contributed by atoms with Crippen LogP contribution < -0.4 is 10.0 Å². The standard InChI is InChI=1S/C10H22N2O2S/c1-10(2,9-5-6-9)12-15(13,14)8-4-7-11-3/h9,11-12H,4-8H2,1-3H3. The average Bonchev–Trinajstić information content (AvgIpc) is 2.83. The second-order valence-corrected chi connectivity index (χ2v) is 6.72. The first-order valence-electron chi connectivity index (χ1n) is 5.53. The van der Waals surface area contributed by atoms with Crippen LogP contribution in [0.1, 0.15) is 33.1 Å². The maximum atomic E-state index is 11.7. The van der Waals surface area contributed by atoms with Gasteiger partial charge in [-0.25, -0.2) is 13.1 Å². The van der Waals surface area contributed by atoms with Crippen molar-refractivity contribution < 1.29 is 8.42 Å². The van der Waals surface area contributed by atoms with E-state index in [2.05, 4.69) is 10.0 Å². The van der Waals surface area contributed by atoms with Crippen molar-refractivity contribution in [3.05, 3.63) is 0 Å². The van der Waals surface area contributed by atoms with Crippen LogP contribution in [0.25, 0.3) is 0 Å². The van der Waals surface area contributed by atoms with Crippen LogP contribution in [0.15, 0.2) is 0 Å². The lowest BCUT2D eigenvalue weighted by atomic mass is 10.0. The van der Waals surface area contributed by atoms with E-state index in [0.29, 0.717) is 12.3 Å². The van der Waals surface area contributed by atoms with Gasteiger partial charge in [-0.1, -0.05) is 0 Å². The average molecular weight is 234 g/mol. The Morgan fingerprint density at radius 1 is 1.33 bits per heavy atom. The van der Waals surface area contributed by atoms with Crippen molar-refractivity contribution >= 4 is 10.0 Å². The Bertz CT molecular complexity index is 295. The first kappa shape index (κ1) is 12.9. The molecule has 0 saturated heterocycles. The van der Waals surface area contributed by atoms with E-state index in [4.69, 9.17) is 0 Å². The molecule has 0 amide bonds. The molecule has 90 valence electrons. The maximum absolute atomic E-state index is 11.7. The third-order valence-electron chi connectivity index (χ3n) is 2.86. The smallest absolute Gasteiger partial charge is 0.212 e. The maximum Gasteiger partial charge on any atom is 0.212 e. The van der Waals surface area contributed by atoms with Crippen molar-refractivity contribution in [3.8, 4) is 0 Å². The summed E-state index contributed by atoms with van der Waals surface area (Å²) in [5.74, 6) is 0.737. The minimum absolute atomic E-state index is 0.212. The molecular formula is C10H22N2O2S. The third-order valence-corrected chi connectivity index (χ3v) is 4.52. The molecule has 0 bridgehead atoms. The van der Waals surface area contributed by atoms with Crippen LogP contribution in [0.3, 0.4) is 0 Å². The van der Waals surface area contributed by atoms with Crippen molar-refractivity contribution in [1.82, 2.24) is 10.0 Å².